The van der Waals surface area contributed by atoms with Crippen LogP contribution in [0.2, 0.25) is 10.0 Å². The lowest BCUT2D eigenvalue weighted by Crippen LogP contribution is -2.60. The Morgan fingerprint density at radius 3 is 2.73 bits per heavy atom. The first-order chi connectivity index (χ1) is 15.8. The number of likely N-dealkylation sites (tertiary alicyclic amines) is 1. The van der Waals surface area contributed by atoms with Crippen LogP contribution in [0.3, 0.4) is 0 Å². The summed E-state index contributed by atoms with van der Waals surface area (Å²) in [6, 6.07) is 13.8. The number of rotatable bonds is 6. The van der Waals surface area contributed by atoms with E-state index in [1.807, 2.05) is 12.1 Å². The van der Waals surface area contributed by atoms with E-state index in [0.29, 0.717) is 16.0 Å². The number of carbonyl (C=O) groups excluding carboxylic acids is 1. The fraction of sp³-hybridized carbons (Fsp3) is 0.500. The van der Waals surface area contributed by atoms with Gasteiger partial charge >= 0.3 is 0 Å². The molecule has 0 spiro atoms. The van der Waals surface area contributed by atoms with Gasteiger partial charge in [-0.2, -0.15) is 0 Å². The summed E-state index contributed by atoms with van der Waals surface area (Å²) in [5.41, 5.74) is 2.03. The van der Waals surface area contributed by atoms with E-state index in [1.165, 1.54) is 5.56 Å². The lowest BCUT2D eigenvalue weighted by molar-refractivity contribution is -0.123. The number of carbonyl (C=O) groups is 1. The Balaban J connectivity index is 1.59. The van der Waals surface area contributed by atoms with Crippen molar-refractivity contribution >= 4 is 29.1 Å². The zero-order valence-electron chi connectivity index (χ0n) is 19.4. The summed E-state index contributed by atoms with van der Waals surface area (Å²) in [6.45, 7) is 1.98. The van der Waals surface area contributed by atoms with Crippen molar-refractivity contribution in [2.45, 2.75) is 43.2 Å². The first-order valence-electron chi connectivity index (χ1n) is 11.4. The highest BCUT2D eigenvalue weighted by Gasteiger charge is 2.52. The summed E-state index contributed by atoms with van der Waals surface area (Å²) in [5, 5.41) is 4.25. The van der Waals surface area contributed by atoms with Crippen LogP contribution >= 0.6 is 23.2 Å². The number of nitrogens with zero attached hydrogens (tertiary/aromatic N) is 1. The van der Waals surface area contributed by atoms with E-state index >= 15 is 0 Å². The average molecular weight is 491 g/mol. The molecule has 178 valence electrons. The predicted molar refractivity (Wildman–Crippen MR) is 132 cm³/mol. The summed E-state index contributed by atoms with van der Waals surface area (Å²) < 4.78 is 11.6. The van der Waals surface area contributed by atoms with Gasteiger partial charge in [0.15, 0.2) is 0 Å². The smallest absolute Gasteiger partial charge is 0.224 e. The number of ether oxygens (including phenoxy) is 2. The van der Waals surface area contributed by atoms with Crippen LogP contribution in [0.1, 0.15) is 30.4 Å². The molecule has 4 atom stereocenters. The highest BCUT2D eigenvalue weighted by Crippen LogP contribution is 2.50. The molecule has 2 aliphatic rings. The van der Waals surface area contributed by atoms with Gasteiger partial charge in [0.1, 0.15) is 5.75 Å². The molecule has 7 heteroatoms. The lowest BCUT2D eigenvalue weighted by Gasteiger charge is -2.55. The SMILES string of the molecule is COc1cccc([C@@]23CCN(C)C[C@H]2C(OC)C[C@H](NC(=O)Cc2ccc(Cl)c(Cl)c2)C3)c1. The van der Waals surface area contributed by atoms with Crippen molar-refractivity contribution in [1.29, 1.82) is 0 Å². The van der Waals surface area contributed by atoms with Gasteiger partial charge in [0.25, 0.3) is 0 Å². The Kier molecular flexibility index (Phi) is 7.54. The van der Waals surface area contributed by atoms with Crippen LogP contribution in [-0.2, 0) is 21.4 Å². The molecule has 4 rings (SSSR count). The monoisotopic (exact) mass is 490 g/mol. The van der Waals surface area contributed by atoms with Crippen molar-refractivity contribution < 1.29 is 14.3 Å². The Bertz CT molecular complexity index is 1000. The molecular formula is C26H32Cl2N2O3. The van der Waals surface area contributed by atoms with Crippen LogP contribution < -0.4 is 10.1 Å². The third-order valence-electron chi connectivity index (χ3n) is 7.40. The molecule has 5 nitrogen and oxygen atoms in total. The van der Waals surface area contributed by atoms with E-state index in [1.54, 1.807) is 26.4 Å². The lowest BCUT2D eigenvalue weighted by atomic mass is 9.57. The second kappa shape index (κ2) is 10.2. The molecule has 2 aromatic rings. The molecule has 0 radical (unpaired) electrons. The normalized spacial score (nSPS) is 27.6. The minimum Gasteiger partial charge on any atom is -0.497 e. The first-order valence-corrected chi connectivity index (χ1v) is 12.2. The molecule has 1 saturated heterocycles. The number of hydrogen-bond acceptors (Lipinski definition) is 4. The van der Waals surface area contributed by atoms with Gasteiger partial charge in [-0.1, -0.05) is 41.4 Å². The molecule has 1 heterocycles. The molecule has 1 amide bonds. The second-order valence-electron chi connectivity index (χ2n) is 9.41. The zero-order valence-corrected chi connectivity index (χ0v) is 21.0. The molecule has 0 aromatic heterocycles. The van der Waals surface area contributed by atoms with E-state index in [-0.39, 0.29) is 29.9 Å². The van der Waals surface area contributed by atoms with Gasteiger partial charge in [-0.25, -0.2) is 0 Å². The minimum absolute atomic E-state index is 0.0135. The third-order valence-corrected chi connectivity index (χ3v) is 8.13. The number of benzene rings is 2. The maximum atomic E-state index is 13.0. The highest BCUT2D eigenvalue weighted by atomic mass is 35.5. The van der Waals surface area contributed by atoms with Gasteiger partial charge in [0, 0.05) is 31.0 Å². The maximum absolute atomic E-state index is 13.0. The van der Waals surface area contributed by atoms with Crippen molar-refractivity contribution in [3.8, 4) is 5.75 Å². The fourth-order valence-electron chi connectivity index (χ4n) is 5.77. The third kappa shape index (κ3) is 5.17. The fourth-order valence-corrected chi connectivity index (χ4v) is 6.09. The Morgan fingerprint density at radius 1 is 1.18 bits per heavy atom. The summed E-state index contributed by atoms with van der Waals surface area (Å²) in [5.74, 6) is 1.19. The van der Waals surface area contributed by atoms with Crippen LogP contribution in [0.15, 0.2) is 42.5 Å². The van der Waals surface area contributed by atoms with E-state index in [9.17, 15) is 4.79 Å². The molecule has 1 N–H and O–H groups in total. The molecule has 2 fully saturated rings. The zero-order chi connectivity index (χ0) is 23.6. The molecule has 33 heavy (non-hydrogen) atoms. The number of methoxy groups -OCH3 is 2. The topological polar surface area (TPSA) is 50.8 Å². The summed E-state index contributed by atoms with van der Waals surface area (Å²) in [4.78, 5) is 15.4. The summed E-state index contributed by atoms with van der Waals surface area (Å²) in [6.07, 6.45) is 3.02. The number of fused-ring (bicyclic) bond motifs is 1. The van der Waals surface area contributed by atoms with E-state index in [2.05, 4.69) is 35.5 Å². The van der Waals surface area contributed by atoms with Crippen molar-refractivity contribution in [2.24, 2.45) is 5.92 Å². The average Bonchev–Trinajstić information content (AvgIpc) is 2.81. The van der Waals surface area contributed by atoms with Crippen LogP contribution in [0.4, 0.5) is 0 Å². The Labute approximate surface area is 206 Å². The van der Waals surface area contributed by atoms with Gasteiger partial charge in [0.05, 0.1) is 29.7 Å². The van der Waals surface area contributed by atoms with Gasteiger partial charge < -0.3 is 19.7 Å². The first kappa shape index (κ1) is 24.3. The van der Waals surface area contributed by atoms with Gasteiger partial charge in [-0.3, -0.25) is 4.79 Å². The number of hydrogen-bond donors (Lipinski definition) is 1. The van der Waals surface area contributed by atoms with Crippen LogP contribution in [0.5, 0.6) is 5.75 Å². The van der Waals surface area contributed by atoms with Crippen molar-refractivity contribution in [3.63, 3.8) is 0 Å². The minimum atomic E-state index is -0.0818. The highest BCUT2D eigenvalue weighted by molar-refractivity contribution is 6.42. The number of piperidine rings is 1. The summed E-state index contributed by atoms with van der Waals surface area (Å²) in [7, 11) is 5.66. The Hall–Kier alpha value is -1.79. The molecule has 0 bridgehead atoms. The Morgan fingerprint density at radius 2 is 2.00 bits per heavy atom. The van der Waals surface area contributed by atoms with Gasteiger partial charge in [0.2, 0.25) is 5.91 Å². The van der Waals surface area contributed by atoms with Crippen molar-refractivity contribution in [3.05, 3.63) is 63.6 Å². The standard InChI is InChI=1S/C26H32Cl2N2O3/c1-30-10-9-26(18-5-4-6-20(13-18)32-2)15-19(14-24(33-3)21(26)16-30)29-25(31)12-17-7-8-22(27)23(28)11-17/h4-8,11,13,19,21,24H,9-10,12,14-16H2,1-3H3,(H,29,31)/t19-,21-,24?,26-/m0/s1. The van der Waals surface area contributed by atoms with Gasteiger partial charge in [-0.15, -0.1) is 0 Å². The summed E-state index contributed by atoms with van der Waals surface area (Å²) >= 11 is 12.1. The molecule has 1 aliphatic heterocycles. The van der Waals surface area contributed by atoms with E-state index in [0.717, 1.165) is 43.7 Å². The molecule has 1 saturated carbocycles. The maximum Gasteiger partial charge on any atom is 0.224 e. The van der Waals surface area contributed by atoms with Crippen LogP contribution in [-0.4, -0.2) is 57.3 Å². The number of halogens is 2. The van der Waals surface area contributed by atoms with Crippen LogP contribution in [0.25, 0.3) is 0 Å². The number of nitrogens with one attached hydrogen (secondary N) is 1. The molecule has 1 aliphatic carbocycles. The second-order valence-corrected chi connectivity index (χ2v) is 10.2. The molecule has 1 unspecified atom stereocenters. The molecular weight excluding hydrogens is 459 g/mol. The van der Waals surface area contributed by atoms with Gasteiger partial charge in [-0.05, 0) is 68.2 Å². The van der Waals surface area contributed by atoms with Crippen molar-refractivity contribution in [1.82, 2.24) is 10.2 Å². The van der Waals surface area contributed by atoms with Crippen molar-refractivity contribution in [2.75, 3.05) is 34.4 Å². The predicted octanol–water partition coefficient (Wildman–Crippen LogP) is 4.73. The van der Waals surface area contributed by atoms with Crippen LogP contribution in [0, 0.1) is 5.92 Å². The number of amides is 1. The molecule has 2 aromatic carbocycles. The van der Waals surface area contributed by atoms with E-state index in [4.69, 9.17) is 32.7 Å². The largest absolute Gasteiger partial charge is 0.497 e. The van der Waals surface area contributed by atoms with E-state index < -0.39 is 0 Å². The quantitative estimate of drug-likeness (QED) is 0.635.